The fourth-order valence-corrected chi connectivity index (χ4v) is 1.62. The number of hydrogen-bond acceptors (Lipinski definition) is 3. The van der Waals surface area contributed by atoms with Gasteiger partial charge in [-0.1, -0.05) is 6.92 Å². The van der Waals surface area contributed by atoms with E-state index in [-0.39, 0.29) is 11.8 Å². The number of rotatable bonds is 5. The van der Waals surface area contributed by atoms with Crippen LogP contribution >= 0.6 is 0 Å². The lowest BCUT2D eigenvalue weighted by Crippen LogP contribution is -2.34. The Hall–Kier alpha value is -1.88. The molecule has 4 N–H and O–H groups in total. The minimum absolute atomic E-state index is 0.0642. The van der Waals surface area contributed by atoms with E-state index >= 15 is 0 Å². The van der Waals surface area contributed by atoms with Crippen LogP contribution in [0.2, 0.25) is 0 Å². The molecule has 0 bridgehead atoms. The van der Waals surface area contributed by atoms with Crippen LogP contribution < -0.4 is 16.4 Å². The fourth-order valence-electron chi connectivity index (χ4n) is 1.62. The average Bonchev–Trinajstić information content (AvgIpc) is 3.22. The minimum Gasteiger partial charge on any atom is -0.349 e. The molecule has 0 radical (unpaired) electrons. The molecule has 0 heterocycles. The van der Waals surface area contributed by atoms with Gasteiger partial charge in [0, 0.05) is 17.3 Å². The van der Waals surface area contributed by atoms with Crippen LogP contribution in [0.15, 0.2) is 24.3 Å². The van der Waals surface area contributed by atoms with Crippen LogP contribution in [0.25, 0.3) is 0 Å². The van der Waals surface area contributed by atoms with Crippen LogP contribution in [0.5, 0.6) is 0 Å². The zero-order valence-electron chi connectivity index (χ0n) is 11.0. The third kappa shape index (κ3) is 3.79. The molecule has 102 valence electrons. The first-order valence-corrected chi connectivity index (χ1v) is 6.57. The lowest BCUT2D eigenvalue weighted by atomic mass is 10.1. The summed E-state index contributed by atoms with van der Waals surface area (Å²) in [4.78, 5) is 23.4. The van der Waals surface area contributed by atoms with Crippen molar-refractivity contribution in [3.63, 3.8) is 0 Å². The molecular weight excluding hydrogens is 242 g/mol. The highest BCUT2D eigenvalue weighted by Gasteiger charge is 2.23. The van der Waals surface area contributed by atoms with E-state index in [1.807, 2.05) is 6.92 Å². The van der Waals surface area contributed by atoms with E-state index in [4.69, 9.17) is 5.73 Å². The van der Waals surface area contributed by atoms with Crippen LogP contribution in [-0.4, -0.2) is 23.9 Å². The number of carbonyl (C=O) groups is 2. The largest absolute Gasteiger partial charge is 0.349 e. The molecule has 1 atom stereocenters. The zero-order chi connectivity index (χ0) is 13.8. The van der Waals surface area contributed by atoms with Crippen molar-refractivity contribution in [3.8, 4) is 0 Å². The van der Waals surface area contributed by atoms with E-state index in [0.29, 0.717) is 23.7 Å². The molecule has 1 aliphatic carbocycles. The molecule has 2 amide bonds. The van der Waals surface area contributed by atoms with Crippen molar-refractivity contribution in [3.05, 3.63) is 29.8 Å². The van der Waals surface area contributed by atoms with Gasteiger partial charge in [-0.3, -0.25) is 9.59 Å². The number of hydrogen-bond donors (Lipinski definition) is 3. The Bertz CT molecular complexity index is 466. The molecule has 2 rings (SSSR count). The Balaban J connectivity index is 1.93. The molecule has 0 unspecified atom stereocenters. The summed E-state index contributed by atoms with van der Waals surface area (Å²) in [6.45, 7) is 1.86. The van der Waals surface area contributed by atoms with Gasteiger partial charge in [-0.05, 0) is 43.5 Å². The maximum absolute atomic E-state index is 11.8. The second-order valence-corrected chi connectivity index (χ2v) is 4.83. The highest BCUT2D eigenvalue weighted by molar-refractivity contribution is 5.97. The highest BCUT2D eigenvalue weighted by Crippen LogP contribution is 2.19. The molecular formula is C14H19N3O2. The molecule has 0 spiro atoms. The van der Waals surface area contributed by atoms with Gasteiger partial charge < -0.3 is 16.4 Å². The van der Waals surface area contributed by atoms with E-state index in [2.05, 4.69) is 10.6 Å². The van der Waals surface area contributed by atoms with E-state index in [1.165, 1.54) is 0 Å². The summed E-state index contributed by atoms with van der Waals surface area (Å²) in [7, 11) is 0. The van der Waals surface area contributed by atoms with Gasteiger partial charge in [0.2, 0.25) is 5.91 Å². The third-order valence-corrected chi connectivity index (χ3v) is 3.10. The summed E-state index contributed by atoms with van der Waals surface area (Å²) >= 11 is 0. The second kappa shape index (κ2) is 5.84. The summed E-state index contributed by atoms with van der Waals surface area (Å²) in [5.74, 6) is -0.275. The Morgan fingerprint density at radius 3 is 2.47 bits per heavy atom. The maximum Gasteiger partial charge on any atom is 0.251 e. The van der Waals surface area contributed by atoms with Gasteiger partial charge in [-0.2, -0.15) is 0 Å². The summed E-state index contributed by atoms with van der Waals surface area (Å²) in [5, 5.41) is 5.63. The van der Waals surface area contributed by atoms with Gasteiger partial charge in [0.1, 0.15) is 0 Å². The smallest absolute Gasteiger partial charge is 0.251 e. The van der Waals surface area contributed by atoms with Crippen LogP contribution in [0.1, 0.15) is 36.5 Å². The maximum atomic E-state index is 11.8. The summed E-state index contributed by atoms with van der Waals surface area (Å²) in [6.07, 6.45) is 2.72. The first-order chi connectivity index (χ1) is 9.10. The molecule has 19 heavy (non-hydrogen) atoms. The van der Waals surface area contributed by atoms with E-state index in [0.717, 1.165) is 12.8 Å². The Morgan fingerprint density at radius 2 is 1.95 bits per heavy atom. The van der Waals surface area contributed by atoms with Crippen LogP contribution in [0.4, 0.5) is 5.69 Å². The number of carbonyl (C=O) groups excluding carboxylic acids is 2. The van der Waals surface area contributed by atoms with Crippen molar-refractivity contribution >= 4 is 17.5 Å². The van der Waals surface area contributed by atoms with Gasteiger partial charge in [0.15, 0.2) is 0 Å². The SMILES string of the molecule is CC[C@H](N)C(=O)Nc1ccc(C(=O)NC2CC2)cc1. The van der Waals surface area contributed by atoms with Crippen LogP contribution in [0, 0.1) is 0 Å². The number of benzene rings is 1. The molecule has 1 saturated carbocycles. The quantitative estimate of drug-likeness (QED) is 0.746. The normalized spacial score (nSPS) is 15.7. The van der Waals surface area contributed by atoms with Gasteiger partial charge in [-0.15, -0.1) is 0 Å². The standard InChI is InChI=1S/C14H19N3O2/c1-2-12(15)14(19)17-10-5-3-9(4-6-10)13(18)16-11-7-8-11/h3-6,11-12H,2,7-8,15H2,1H3,(H,16,18)(H,17,19)/t12-/m0/s1. The monoisotopic (exact) mass is 261 g/mol. The first-order valence-electron chi connectivity index (χ1n) is 6.57. The lowest BCUT2D eigenvalue weighted by Gasteiger charge is -2.10. The predicted octanol–water partition coefficient (Wildman–Crippen LogP) is 1.25. The number of amides is 2. The third-order valence-electron chi connectivity index (χ3n) is 3.10. The summed E-state index contributed by atoms with van der Waals surface area (Å²) in [5.41, 5.74) is 6.88. The van der Waals surface area contributed by atoms with Gasteiger partial charge in [0.25, 0.3) is 5.91 Å². The molecule has 1 aromatic rings. The topological polar surface area (TPSA) is 84.2 Å². The molecule has 0 aromatic heterocycles. The van der Waals surface area contributed by atoms with Crippen LogP contribution in [-0.2, 0) is 4.79 Å². The Morgan fingerprint density at radius 1 is 1.32 bits per heavy atom. The number of nitrogens with one attached hydrogen (secondary N) is 2. The summed E-state index contributed by atoms with van der Waals surface area (Å²) < 4.78 is 0. The Labute approximate surface area is 112 Å². The van der Waals surface area contributed by atoms with E-state index in [1.54, 1.807) is 24.3 Å². The summed E-state index contributed by atoms with van der Waals surface area (Å²) in [6, 6.07) is 6.66. The first kappa shape index (κ1) is 13.5. The van der Waals surface area contributed by atoms with Crippen molar-refractivity contribution in [1.29, 1.82) is 0 Å². The van der Waals surface area contributed by atoms with Crippen molar-refractivity contribution in [1.82, 2.24) is 5.32 Å². The van der Waals surface area contributed by atoms with E-state index < -0.39 is 6.04 Å². The van der Waals surface area contributed by atoms with Crippen molar-refractivity contribution in [2.24, 2.45) is 5.73 Å². The zero-order valence-corrected chi connectivity index (χ0v) is 11.0. The number of anilines is 1. The molecule has 0 saturated heterocycles. The van der Waals surface area contributed by atoms with Gasteiger partial charge in [0.05, 0.1) is 6.04 Å². The van der Waals surface area contributed by atoms with Crippen LogP contribution in [0.3, 0.4) is 0 Å². The average molecular weight is 261 g/mol. The molecule has 0 aliphatic heterocycles. The Kier molecular flexibility index (Phi) is 4.16. The lowest BCUT2D eigenvalue weighted by molar-refractivity contribution is -0.117. The predicted molar refractivity (Wildman–Crippen MR) is 73.8 cm³/mol. The number of nitrogens with two attached hydrogens (primary N) is 1. The van der Waals surface area contributed by atoms with Gasteiger partial charge in [-0.25, -0.2) is 0 Å². The molecule has 1 aliphatic rings. The molecule has 5 nitrogen and oxygen atoms in total. The van der Waals surface area contributed by atoms with Crippen molar-refractivity contribution in [2.75, 3.05) is 5.32 Å². The minimum atomic E-state index is -0.502. The van der Waals surface area contributed by atoms with E-state index in [9.17, 15) is 9.59 Å². The van der Waals surface area contributed by atoms with Gasteiger partial charge >= 0.3 is 0 Å². The highest BCUT2D eigenvalue weighted by atomic mass is 16.2. The molecule has 1 aromatic carbocycles. The second-order valence-electron chi connectivity index (χ2n) is 4.83. The molecule has 5 heteroatoms. The fraction of sp³-hybridized carbons (Fsp3) is 0.429. The van der Waals surface area contributed by atoms with Crippen molar-refractivity contribution < 1.29 is 9.59 Å². The van der Waals surface area contributed by atoms with Crippen molar-refractivity contribution in [2.45, 2.75) is 38.3 Å². The molecule has 1 fully saturated rings.